The first-order chi connectivity index (χ1) is 10.4. The van der Waals surface area contributed by atoms with Gasteiger partial charge in [-0.1, -0.05) is 36.4 Å². The Morgan fingerprint density at radius 2 is 1.76 bits per heavy atom. The van der Waals surface area contributed by atoms with Crippen molar-refractivity contribution in [1.29, 1.82) is 5.26 Å². The van der Waals surface area contributed by atoms with Crippen LogP contribution < -0.4 is 4.90 Å². The Labute approximate surface area is 123 Å². The van der Waals surface area contributed by atoms with Gasteiger partial charge in [0.15, 0.2) is 0 Å². The van der Waals surface area contributed by atoms with Gasteiger partial charge in [-0.25, -0.2) is 0 Å². The molecule has 1 aromatic heterocycles. The van der Waals surface area contributed by atoms with Gasteiger partial charge < -0.3 is 4.90 Å². The van der Waals surface area contributed by atoms with Crippen molar-refractivity contribution < 1.29 is 0 Å². The summed E-state index contributed by atoms with van der Waals surface area (Å²) < 4.78 is 0. The summed E-state index contributed by atoms with van der Waals surface area (Å²) in [6.07, 6.45) is 2.21. The monoisotopic (exact) mass is 274 g/mol. The van der Waals surface area contributed by atoms with E-state index in [9.17, 15) is 0 Å². The van der Waals surface area contributed by atoms with Crippen molar-refractivity contribution in [3.05, 3.63) is 60.8 Å². The van der Waals surface area contributed by atoms with Crippen LogP contribution in [0.4, 0.5) is 11.4 Å². The Hall–Kier alpha value is -2.93. The van der Waals surface area contributed by atoms with Crippen LogP contribution in [-0.4, -0.2) is 16.7 Å². The van der Waals surface area contributed by atoms with Gasteiger partial charge in [0.1, 0.15) is 0 Å². The van der Waals surface area contributed by atoms with E-state index in [0.717, 1.165) is 22.3 Å². The standard InChI is InChI=1S/C17H14N4/c18-11-6-12-21(14-7-2-1-3-8-14)17-13-19-20-16-10-5-4-9-15(16)17/h1-5,7-10,13H,6,12H2. The Kier molecular flexibility index (Phi) is 3.74. The van der Waals surface area contributed by atoms with Crippen LogP contribution >= 0.6 is 0 Å². The summed E-state index contributed by atoms with van der Waals surface area (Å²) in [6.45, 7) is 0.621. The second-order valence-corrected chi connectivity index (χ2v) is 4.64. The lowest BCUT2D eigenvalue weighted by Crippen LogP contribution is -2.18. The molecule has 4 heteroatoms. The average molecular weight is 274 g/mol. The minimum Gasteiger partial charge on any atom is -0.339 e. The summed E-state index contributed by atoms with van der Waals surface area (Å²) in [5.41, 5.74) is 2.88. The molecule has 0 amide bonds. The maximum Gasteiger partial charge on any atom is 0.0950 e. The molecule has 4 nitrogen and oxygen atoms in total. The Morgan fingerprint density at radius 1 is 1.00 bits per heavy atom. The first kappa shape index (κ1) is 13.1. The second-order valence-electron chi connectivity index (χ2n) is 4.64. The molecule has 0 bridgehead atoms. The fraction of sp³-hybridized carbons (Fsp3) is 0.118. The van der Waals surface area contributed by atoms with Crippen LogP contribution in [0.2, 0.25) is 0 Å². The largest absolute Gasteiger partial charge is 0.339 e. The molecule has 0 N–H and O–H groups in total. The van der Waals surface area contributed by atoms with E-state index in [1.54, 1.807) is 6.20 Å². The highest BCUT2D eigenvalue weighted by molar-refractivity contribution is 5.92. The number of hydrogen-bond acceptors (Lipinski definition) is 4. The molecule has 0 saturated heterocycles. The summed E-state index contributed by atoms with van der Waals surface area (Å²) in [7, 11) is 0. The third kappa shape index (κ3) is 2.67. The van der Waals surface area contributed by atoms with Gasteiger partial charge in [-0.3, -0.25) is 0 Å². The van der Waals surface area contributed by atoms with Crippen molar-refractivity contribution in [2.75, 3.05) is 11.4 Å². The van der Waals surface area contributed by atoms with Gasteiger partial charge in [-0.05, 0) is 18.2 Å². The third-order valence-corrected chi connectivity index (χ3v) is 3.33. The highest BCUT2D eigenvalue weighted by Gasteiger charge is 2.12. The van der Waals surface area contributed by atoms with Crippen LogP contribution in [0.3, 0.4) is 0 Å². The van der Waals surface area contributed by atoms with Gasteiger partial charge in [0.05, 0.1) is 29.9 Å². The van der Waals surface area contributed by atoms with E-state index >= 15 is 0 Å². The van der Waals surface area contributed by atoms with Crippen LogP contribution in [-0.2, 0) is 0 Å². The van der Waals surface area contributed by atoms with Gasteiger partial charge in [0, 0.05) is 17.6 Å². The molecule has 3 aromatic rings. The lowest BCUT2D eigenvalue weighted by Gasteiger charge is -2.24. The zero-order chi connectivity index (χ0) is 14.5. The number of para-hydroxylation sites is 1. The van der Waals surface area contributed by atoms with E-state index in [2.05, 4.69) is 21.2 Å². The van der Waals surface area contributed by atoms with Gasteiger partial charge in [-0.2, -0.15) is 15.5 Å². The zero-order valence-electron chi connectivity index (χ0n) is 11.5. The Morgan fingerprint density at radius 3 is 2.57 bits per heavy atom. The zero-order valence-corrected chi connectivity index (χ0v) is 11.5. The molecule has 0 aliphatic heterocycles. The number of nitriles is 1. The SMILES string of the molecule is N#CCCN(c1ccccc1)c1cnnc2ccccc12. The van der Waals surface area contributed by atoms with Gasteiger partial charge in [0.25, 0.3) is 0 Å². The van der Waals surface area contributed by atoms with Crippen molar-refractivity contribution >= 4 is 22.3 Å². The minimum absolute atomic E-state index is 0.450. The highest BCUT2D eigenvalue weighted by Crippen LogP contribution is 2.30. The van der Waals surface area contributed by atoms with E-state index < -0.39 is 0 Å². The maximum atomic E-state index is 8.92. The van der Waals surface area contributed by atoms with Crippen LogP contribution in [0.1, 0.15) is 6.42 Å². The molecule has 0 fully saturated rings. The van der Waals surface area contributed by atoms with Gasteiger partial charge >= 0.3 is 0 Å². The van der Waals surface area contributed by atoms with Crippen LogP contribution in [0.5, 0.6) is 0 Å². The number of rotatable bonds is 4. The first-order valence-corrected chi connectivity index (χ1v) is 6.80. The van der Waals surface area contributed by atoms with Crippen LogP contribution in [0, 0.1) is 11.3 Å². The molecule has 21 heavy (non-hydrogen) atoms. The number of aromatic nitrogens is 2. The molecule has 0 atom stereocenters. The van der Waals surface area contributed by atoms with Crippen LogP contribution in [0.25, 0.3) is 10.9 Å². The fourth-order valence-corrected chi connectivity index (χ4v) is 2.37. The first-order valence-electron chi connectivity index (χ1n) is 6.80. The highest BCUT2D eigenvalue weighted by atomic mass is 15.2. The average Bonchev–Trinajstić information content (AvgIpc) is 2.56. The second kappa shape index (κ2) is 6.02. The fourth-order valence-electron chi connectivity index (χ4n) is 2.37. The van der Waals surface area contributed by atoms with Crippen LogP contribution in [0.15, 0.2) is 60.8 Å². The summed E-state index contributed by atoms with van der Waals surface area (Å²) in [4.78, 5) is 2.11. The number of hydrogen-bond donors (Lipinski definition) is 0. The summed E-state index contributed by atoms with van der Waals surface area (Å²) in [5, 5.41) is 18.2. The van der Waals surface area contributed by atoms with E-state index in [-0.39, 0.29) is 0 Å². The van der Waals surface area contributed by atoms with E-state index in [1.165, 1.54) is 0 Å². The number of anilines is 2. The summed E-state index contributed by atoms with van der Waals surface area (Å²) in [5.74, 6) is 0. The predicted octanol–water partition coefficient (Wildman–Crippen LogP) is 3.68. The third-order valence-electron chi connectivity index (χ3n) is 3.33. The van der Waals surface area contributed by atoms with Gasteiger partial charge in [0.2, 0.25) is 0 Å². The molecule has 2 aromatic carbocycles. The quantitative estimate of drug-likeness (QED) is 0.728. The van der Waals surface area contributed by atoms with E-state index in [0.29, 0.717) is 13.0 Å². The molecule has 0 spiro atoms. The maximum absolute atomic E-state index is 8.92. The smallest absolute Gasteiger partial charge is 0.0950 e. The van der Waals surface area contributed by atoms with Crippen molar-refractivity contribution in [1.82, 2.24) is 10.2 Å². The molecule has 0 saturated carbocycles. The van der Waals surface area contributed by atoms with E-state index in [1.807, 2.05) is 54.6 Å². The molecule has 3 rings (SSSR count). The number of fused-ring (bicyclic) bond motifs is 1. The minimum atomic E-state index is 0.450. The molecular formula is C17H14N4. The Bertz CT molecular complexity index is 772. The topological polar surface area (TPSA) is 52.8 Å². The van der Waals surface area contributed by atoms with Crippen molar-refractivity contribution in [2.24, 2.45) is 0 Å². The molecule has 0 unspecified atom stereocenters. The number of benzene rings is 2. The lowest BCUT2D eigenvalue weighted by atomic mass is 10.1. The number of nitrogens with zero attached hydrogens (tertiary/aromatic N) is 4. The van der Waals surface area contributed by atoms with Crippen molar-refractivity contribution in [3.63, 3.8) is 0 Å². The molecule has 0 aliphatic rings. The van der Waals surface area contributed by atoms with Crippen molar-refractivity contribution in [3.8, 4) is 6.07 Å². The lowest BCUT2D eigenvalue weighted by molar-refractivity contribution is 0.940. The summed E-state index contributed by atoms with van der Waals surface area (Å²) in [6, 6.07) is 20.1. The van der Waals surface area contributed by atoms with E-state index in [4.69, 9.17) is 5.26 Å². The molecule has 102 valence electrons. The normalized spacial score (nSPS) is 10.2. The molecule has 1 heterocycles. The van der Waals surface area contributed by atoms with Gasteiger partial charge in [-0.15, -0.1) is 0 Å². The molecule has 0 aliphatic carbocycles. The Balaban J connectivity index is 2.13. The molecular weight excluding hydrogens is 260 g/mol. The van der Waals surface area contributed by atoms with Crippen molar-refractivity contribution in [2.45, 2.75) is 6.42 Å². The summed E-state index contributed by atoms with van der Waals surface area (Å²) >= 11 is 0. The molecule has 0 radical (unpaired) electrons. The predicted molar refractivity (Wildman–Crippen MR) is 83.2 cm³/mol.